The van der Waals surface area contributed by atoms with Crippen LogP contribution < -0.4 is 5.32 Å². The van der Waals surface area contributed by atoms with Crippen LogP contribution in [0.3, 0.4) is 0 Å². The predicted molar refractivity (Wildman–Crippen MR) is 91.1 cm³/mol. The first kappa shape index (κ1) is 15.1. The number of carbonyl (C=O) groups is 3. The minimum absolute atomic E-state index is 0.144. The average Bonchev–Trinajstić information content (AvgIpc) is 3.06. The molecule has 0 spiro atoms. The number of fused-ring (bicyclic) bond motifs is 2. The average molecular weight is 331 g/mol. The molecule has 0 saturated carbocycles. The van der Waals surface area contributed by atoms with Gasteiger partial charge in [0.05, 0.1) is 11.3 Å². The van der Waals surface area contributed by atoms with Crippen molar-refractivity contribution in [2.75, 3.05) is 5.32 Å². The number of amides is 1. The van der Waals surface area contributed by atoms with Crippen molar-refractivity contribution in [2.24, 2.45) is 0 Å². The molecule has 0 atom stereocenters. The Kier molecular flexibility index (Phi) is 3.35. The minimum Gasteiger partial charge on any atom is -0.456 e. The second-order valence-corrected chi connectivity index (χ2v) is 5.80. The van der Waals surface area contributed by atoms with Gasteiger partial charge in [0.1, 0.15) is 5.76 Å². The van der Waals surface area contributed by atoms with E-state index in [0.29, 0.717) is 22.6 Å². The summed E-state index contributed by atoms with van der Waals surface area (Å²) in [6, 6.07) is 14.8. The van der Waals surface area contributed by atoms with Crippen LogP contribution in [0.2, 0.25) is 0 Å². The van der Waals surface area contributed by atoms with Crippen molar-refractivity contribution in [1.82, 2.24) is 0 Å². The van der Waals surface area contributed by atoms with Gasteiger partial charge in [-0.05, 0) is 25.1 Å². The highest BCUT2D eigenvalue weighted by Gasteiger charge is 2.31. The lowest BCUT2D eigenvalue weighted by atomic mass is 9.83. The number of hydrogen-bond donors (Lipinski definition) is 1. The highest BCUT2D eigenvalue weighted by Crippen LogP contribution is 2.32. The van der Waals surface area contributed by atoms with Gasteiger partial charge in [0.2, 0.25) is 0 Å². The number of furan rings is 1. The highest BCUT2D eigenvalue weighted by molar-refractivity contribution is 6.30. The zero-order chi connectivity index (χ0) is 17.6. The van der Waals surface area contributed by atoms with Gasteiger partial charge >= 0.3 is 0 Å². The Labute approximate surface area is 143 Å². The first-order chi connectivity index (χ1) is 12.1. The van der Waals surface area contributed by atoms with Crippen LogP contribution >= 0.6 is 0 Å². The maximum Gasteiger partial charge on any atom is 0.291 e. The van der Waals surface area contributed by atoms with Gasteiger partial charge in [0.25, 0.3) is 5.91 Å². The van der Waals surface area contributed by atoms with Gasteiger partial charge in [-0.15, -0.1) is 0 Å². The Morgan fingerprint density at radius 3 is 2.20 bits per heavy atom. The molecular weight excluding hydrogens is 318 g/mol. The third kappa shape index (κ3) is 2.37. The van der Waals surface area contributed by atoms with E-state index in [1.54, 1.807) is 61.5 Å². The molecule has 1 aliphatic rings. The topological polar surface area (TPSA) is 76.4 Å². The first-order valence-corrected chi connectivity index (χ1v) is 7.75. The van der Waals surface area contributed by atoms with Crippen LogP contribution in [0, 0.1) is 6.92 Å². The molecular formula is C20H13NO4. The molecule has 3 aromatic rings. The highest BCUT2D eigenvalue weighted by atomic mass is 16.3. The Balaban J connectivity index is 1.78. The van der Waals surface area contributed by atoms with E-state index in [2.05, 4.69) is 5.32 Å². The second-order valence-electron chi connectivity index (χ2n) is 5.80. The van der Waals surface area contributed by atoms with E-state index in [-0.39, 0.29) is 28.5 Å². The van der Waals surface area contributed by atoms with Crippen LogP contribution in [-0.2, 0) is 0 Å². The molecule has 1 N–H and O–H groups in total. The number of rotatable bonds is 2. The molecule has 0 unspecified atom stereocenters. The largest absolute Gasteiger partial charge is 0.456 e. The summed E-state index contributed by atoms with van der Waals surface area (Å²) in [6.07, 6.45) is 0. The van der Waals surface area contributed by atoms with E-state index in [9.17, 15) is 14.4 Å². The number of hydrogen-bond acceptors (Lipinski definition) is 4. The van der Waals surface area contributed by atoms with E-state index in [1.165, 1.54) is 0 Å². The summed E-state index contributed by atoms with van der Waals surface area (Å²) in [5, 5.41) is 2.68. The Bertz CT molecular complexity index is 1050. The molecule has 0 aliphatic heterocycles. The van der Waals surface area contributed by atoms with Crippen LogP contribution in [0.25, 0.3) is 0 Å². The fourth-order valence-electron chi connectivity index (χ4n) is 2.99. The van der Waals surface area contributed by atoms with Gasteiger partial charge in [0, 0.05) is 16.7 Å². The van der Waals surface area contributed by atoms with Gasteiger partial charge in [-0.1, -0.05) is 36.4 Å². The molecule has 0 bridgehead atoms. The number of benzene rings is 2. The van der Waals surface area contributed by atoms with E-state index in [4.69, 9.17) is 4.42 Å². The smallest absolute Gasteiger partial charge is 0.291 e. The summed E-state index contributed by atoms with van der Waals surface area (Å²) in [5.41, 5.74) is 1.52. The molecule has 5 nitrogen and oxygen atoms in total. The standard InChI is InChI=1S/C20H13NO4/c1-11-9-10-16(25-11)20(24)21-15-8-4-7-14-17(15)19(23)13-6-3-2-5-12(13)18(14)22/h2-10H,1H3,(H,21,24). The minimum atomic E-state index is -0.472. The number of carbonyl (C=O) groups excluding carboxylic acids is 3. The van der Waals surface area contributed by atoms with Crippen LogP contribution in [-0.4, -0.2) is 17.5 Å². The summed E-state index contributed by atoms with van der Waals surface area (Å²) in [5.74, 6) is -0.224. The van der Waals surface area contributed by atoms with Crippen molar-refractivity contribution in [3.05, 3.63) is 88.4 Å². The van der Waals surface area contributed by atoms with Gasteiger partial charge < -0.3 is 9.73 Å². The molecule has 2 aromatic carbocycles. The zero-order valence-corrected chi connectivity index (χ0v) is 13.3. The van der Waals surface area contributed by atoms with E-state index >= 15 is 0 Å². The second kappa shape index (κ2) is 5.56. The number of aryl methyl sites for hydroxylation is 1. The predicted octanol–water partition coefficient (Wildman–Crippen LogP) is 3.62. The maximum absolute atomic E-state index is 12.9. The lowest BCUT2D eigenvalue weighted by Gasteiger charge is -2.20. The third-order valence-electron chi connectivity index (χ3n) is 4.16. The molecule has 1 heterocycles. The number of nitrogens with one attached hydrogen (secondary N) is 1. The molecule has 0 radical (unpaired) electrons. The van der Waals surface area contributed by atoms with Gasteiger partial charge in [0.15, 0.2) is 17.3 Å². The Hall–Kier alpha value is -3.47. The quantitative estimate of drug-likeness (QED) is 0.609. The van der Waals surface area contributed by atoms with Gasteiger partial charge in [-0.25, -0.2) is 0 Å². The number of ketones is 2. The molecule has 5 heteroatoms. The van der Waals surface area contributed by atoms with E-state index in [1.807, 2.05) is 0 Å². The lowest BCUT2D eigenvalue weighted by molar-refractivity contribution is 0.0977. The molecule has 1 amide bonds. The molecule has 0 saturated heterocycles. The van der Waals surface area contributed by atoms with Gasteiger partial charge in [-0.3, -0.25) is 14.4 Å². The Morgan fingerprint density at radius 1 is 0.840 bits per heavy atom. The summed E-state index contributed by atoms with van der Waals surface area (Å²) in [4.78, 5) is 37.9. The van der Waals surface area contributed by atoms with Crippen LogP contribution in [0.15, 0.2) is 59.0 Å². The number of anilines is 1. The molecule has 0 fully saturated rings. The van der Waals surface area contributed by atoms with Gasteiger partial charge in [-0.2, -0.15) is 0 Å². The summed E-state index contributed by atoms with van der Waals surface area (Å²) >= 11 is 0. The van der Waals surface area contributed by atoms with E-state index in [0.717, 1.165) is 0 Å². The molecule has 1 aliphatic carbocycles. The van der Waals surface area contributed by atoms with Crippen molar-refractivity contribution < 1.29 is 18.8 Å². The Morgan fingerprint density at radius 2 is 1.52 bits per heavy atom. The van der Waals surface area contributed by atoms with Crippen molar-refractivity contribution in [3.63, 3.8) is 0 Å². The lowest BCUT2D eigenvalue weighted by Crippen LogP contribution is -2.23. The summed E-state index contributed by atoms with van der Waals surface area (Å²) in [6.45, 7) is 1.74. The van der Waals surface area contributed by atoms with E-state index < -0.39 is 5.91 Å². The normalized spacial score (nSPS) is 12.5. The fraction of sp³-hybridized carbons (Fsp3) is 0.0500. The third-order valence-corrected chi connectivity index (χ3v) is 4.16. The maximum atomic E-state index is 12.9. The van der Waals surface area contributed by atoms with Crippen molar-refractivity contribution in [2.45, 2.75) is 6.92 Å². The van der Waals surface area contributed by atoms with Crippen LogP contribution in [0.4, 0.5) is 5.69 Å². The van der Waals surface area contributed by atoms with Crippen LogP contribution in [0.5, 0.6) is 0 Å². The summed E-state index contributed by atoms with van der Waals surface area (Å²) < 4.78 is 5.30. The molecule has 4 rings (SSSR count). The monoisotopic (exact) mass is 331 g/mol. The first-order valence-electron chi connectivity index (χ1n) is 7.75. The molecule has 25 heavy (non-hydrogen) atoms. The zero-order valence-electron chi connectivity index (χ0n) is 13.3. The molecule has 122 valence electrons. The van der Waals surface area contributed by atoms with Crippen molar-refractivity contribution in [3.8, 4) is 0 Å². The molecule has 1 aromatic heterocycles. The summed E-state index contributed by atoms with van der Waals surface area (Å²) in [7, 11) is 0. The van der Waals surface area contributed by atoms with Crippen molar-refractivity contribution in [1.29, 1.82) is 0 Å². The van der Waals surface area contributed by atoms with Crippen molar-refractivity contribution >= 4 is 23.2 Å². The van der Waals surface area contributed by atoms with Crippen LogP contribution in [0.1, 0.15) is 48.2 Å². The fourth-order valence-corrected chi connectivity index (χ4v) is 2.99. The SMILES string of the molecule is Cc1ccc(C(=O)Nc2cccc3c2C(=O)c2ccccc2C3=O)o1.